The number of benzene rings is 1. The number of amides is 3. The van der Waals surface area contributed by atoms with Crippen molar-refractivity contribution in [3.63, 3.8) is 0 Å². The van der Waals surface area contributed by atoms with Gasteiger partial charge < -0.3 is 19.4 Å². The fourth-order valence-electron chi connectivity index (χ4n) is 3.36. The summed E-state index contributed by atoms with van der Waals surface area (Å²) in [5.74, 6) is 0.632. The van der Waals surface area contributed by atoms with Gasteiger partial charge >= 0.3 is 0 Å². The minimum absolute atomic E-state index is 0.0307. The van der Waals surface area contributed by atoms with Gasteiger partial charge in [0.05, 0.1) is 18.7 Å². The molecular formula is C19H25N3O4. The van der Waals surface area contributed by atoms with Crippen LogP contribution in [0.25, 0.3) is 0 Å². The highest BCUT2D eigenvalue weighted by Crippen LogP contribution is 2.32. The SMILES string of the molecule is CCC(=O)N1CCCN(C(=O)c2ccc3c(c2)N(C)C(=O)CCO3)CC1. The standard InChI is InChI=1S/C19H25N3O4/c1-3-17(23)21-8-4-9-22(11-10-21)19(25)14-5-6-16-15(13-14)20(2)18(24)7-12-26-16/h5-6,13H,3-4,7-12H2,1-2H3. The topological polar surface area (TPSA) is 70.2 Å². The predicted molar refractivity (Wildman–Crippen MR) is 97.4 cm³/mol. The van der Waals surface area contributed by atoms with Crippen molar-refractivity contribution in [2.45, 2.75) is 26.2 Å². The molecule has 0 atom stereocenters. The smallest absolute Gasteiger partial charge is 0.253 e. The fourth-order valence-corrected chi connectivity index (χ4v) is 3.36. The van der Waals surface area contributed by atoms with Crippen molar-refractivity contribution < 1.29 is 19.1 Å². The van der Waals surface area contributed by atoms with Gasteiger partial charge in [-0.15, -0.1) is 0 Å². The van der Waals surface area contributed by atoms with E-state index in [0.717, 1.165) is 6.42 Å². The first-order chi connectivity index (χ1) is 12.5. The summed E-state index contributed by atoms with van der Waals surface area (Å²) >= 11 is 0. The van der Waals surface area contributed by atoms with E-state index in [1.807, 2.05) is 11.8 Å². The Morgan fingerprint density at radius 1 is 1.12 bits per heavy atom. The van der Waals surface area contributed by atoms with Crippen LogP contribution >= 0.6 is 0 Å². The summed E-state index contributed by atoms with van der Waals surface area (Å²) in [6.07, 6.45) is 1.57. The molecule has 0 bridgehead atoms. The minimum Gasteiger partial charge on any atom is -0.491 e. The van der Waals surface area contributed by atoms with E-state index in [-0.39, 0.29) is 17.7 Å². The quantitative estimate of drug-likeness (QED) is 0.803. The highest BCUT2D eigenvalue weighted by atomic mass is 16.5. The predicted octanol–water partition coefficient (Wildman–Crippen LogP) is 1.52. The zero-order chi connectivity index (χ0) is 18.7. The maximum Gasteiger partial charge on any atom is 0.253 e. The van der Waals surface area contributed by atoms with E-state index < -0.39 is 0 Å². The number of anilines is 1. The largest absolute Gasteiger partial charge is 0.491 e. The third-order valence-electron chi connectivity index (χ3n) is 4.95. The molecule has 7 nitrogen and oxygen atoms in total. The molecule has 0 radical (unpaired) electrons. The molecule has 1 fully saturated rings. The van der Waals surface area contributed by atoms with Crippen LogP contribution in [0.3, 0.4) is 0 Å². The lowest BCUT2D eigenvalue weighted by Gasteiger charge is -2.23. The van der Waals surface area contributed by atoms with Crippen LogP contribution in [0, 0.1) is 0 Å². The Kier molecular flexibility index (Phi) is 5.44. The Morgan fingerprint density at radius 3 is 2.62 bits per heavy atom. The Bertz CT molecular complexity index is 719. The van der Waals surface area contributed by atoms with E-state index in [0.29, 0.717) is 62.6 Å². The van der Waals surface area contributed by atoms with Gasteiger partial charge in [-0.2, -0.15) is 0 Å². The van der Waals surface area contributed by atoms with Crippen molar-refractivity contribution in [1.29, 1.82) is 0 Å². The van der Waals surface area contributed by atoms with Crippen molar-refractivity contribution in [3.8, 4) is 5.75 Å². The van der Waals surface area contributed by atoms with E-state index in [4.69, 9.17) is 4.74 Å². The molecule has 0 spiro atoms. The summed E-state index contributed by atoms with van der Waals surface area (Å²) < 4.78 is 5.61. The molecule has 0 N–H and O–H groups in total. The van der Waals surface area contributed by atoms with Crippen molar-refractivity contribution in [2.24, 2.45) is 0 Å². The molecule has 0 aliphatic carbocycles. The van der Waals surface area contributed by atoms with E-state index in [2.05, 4.69) is 0 Å². The maximum atomic E-state index is 12.9. The van der Waals surface area contributed by atoms with Gasteiger partial charge in [-0.1, -0.05) is 6.92 Å². The number of hydrogen-bond donors (Lipinski definition) is 0. The molecule has 2 heterocycles. The van der Waals surface area contributed by atoms with Crippen LogP contribution in [0.5, 0.6) is 5.75 Å². The molecule has 1 aromatic rings. The van der Waals surface area contributed by atoms with Crippen LogP contribution in [-0.4, -0.2) is 67.4 Å². The molecule has 1 saturated heterocycles. The molecule has 26 heavy (non-hydrogen) atoms. The molecule has 3 amide bonds. The molecule has 0 saturated carbocycles. The summed E-state index contributed by atoms with van der Waals surface area (Å²) in [5.41, 5.74) is 1.15. The minimum atomic E-state index is -0.0799. The average Bonchev–Trinajstić information content (AvgIpc) is 2.98. The highest BCUT2D eigenvalue weighted by molar-refractivity contribution is 5.99. The number of fused-ring (bicyclic) bond motifs is 1. The summed E-state index contributed by atoms with van der Waals surface area (Å²) in [7, 11) is 1.70. The second-order valence-electron chi connectivity index (χ2n) is 6.61. The average molecular weight is 359 g/mol. The first-order valence-corrected chi connectivity index (χ1v) is 9.11. The van der Waals surface area contributed by atoms with Crippen molar-refractivity contribution in [2.75, 3.05) is 44.7 Å². The zero-order valence-corrected chi connectivity index (χ0v) is 15.4. The number of ether oxygens (including phenoxy) is 1. The molecule has 3 rings (SSSR count). The highest BCUT2D eigenvalue weighted by Gasteiger charge is 2.25. The van der Waals surface area contributed by atoms with Crippen molar-refractivity contribution in [1.82, 2.24) is 9.80 Å². The lowest BCUT2D eigenvalue weighted by Crippen LogP contribution is -2.37. The Hall–Kier alpha value is -2.57. The van der Waals surface area contributed by atoms with Gasteiger partial charge in [-0.05, 0) is 24.6 Å². The van der Waals surface area contributed by atoms with Crippen LogP contribution < -0.4 is 9.64 Å². The van der Waals surface area contributed by atoms with E-state index >= 15 is 0 Å². The van der Waals surface area contributed by atoms with Gasteiger partial charge in [-0.3, -0.25) is 14.4 Å². The second-order valence-corrected chi connectivity index (χ2v) is 6.61. The monoisotopic (exact) mass is 359 g/mol. The second kappa shape index (κ2) is 7.76. The van der Waals surface area contributed by atoms with Gasteiger partial charge in [-0.25, -0.2) is 0 Å². The van der Waals surface area contributed by atoms with Gasteiger partial charge in [0, 0.05) is 45.2 Å². The van der Waals surface area contributed by atoms with Crippen LogP contribution in [0.15, 0.2) is 18.2 Å². The number of rotatable bonds is 2. The molecule has 0 aromatic heterocycles. The molecule has 2 aliphatic heterocycles. The van der Waals surface area contributed by atoms with Crippen molar-refractivity contribution >= 4 is 23.4 Å². The fraction of sp³-hybridized carbons (Fsp3) is 0.526. The van der Waals surface area contributed by atoms with E-state index in [1.54, 1.807) is 35.0 Å². The lowest BCUT2D eigenvalue weighted by atomic mass is 10.1. The summed E-state index contributed by atoms with van der Waals surface area (Å²) in [5, 5.41) is 0. The number of nitrogens with zero attached hydrogens (tertiary/aromatic N) is 3. The zero-order valence-electron chi connectivity index (χ0n) is 15.4. The van der Waals surface area contributed by atoms with Crippen LogP contribution in [-0.2, 0) is 9.59 Å². The summed E-state index contributed by atoms with van der Waals surface area (Å²) in [6.45, 7) is 4.58. The van der Waals surface area contributed by atoms with Gasteiger partial charge in [0.25, 0.3) is 5.91 Å². The number of hydrogen-bond acceptors (Lipinski definition) is 4. The first kappa shape index (κ1) is 18.2. The van der Waals surface area contributed by atoms with E-state index in [1.165, 1.54) is 0 Å². The summed E-state index contributed by atoms with van der Waals surface area (Å²) in [6, 6.07) is 5.22. The van der Waals surface area contributed by atoms with Gasteiger partial charge in [0.2, 0.25) is 11.8 Å². The molecule has 0 unspecified atom stereocenters. The normalized spacial score (nSPS) is 17.9. The Morgan fingerprint density at radius 2 is 1.85 bits per heavy atom. The Balaban J connectivity index is 1.77. The van der Waals surface area contributed by atoms with Gasteiger partial charge in [0.15, 0.2) is 0 Å². The molecular weight excluding hydrogens is 334 g/mol. The maximum absolute atomic E-state index is 12.9. The molecule has 2 aliphatic rings. The van der Waals surface area contributed by atoms with E-state index in [9.17, 15) is 14.4 Å². The Labute approximate surface area is 153 Å². The first-order valence-electron chi connectivity index (χ1n) is 9.11. The number of carbonyl (C=O) groups is 3. The molecule has 7 heteroatoms. The molecule has 140 valence electrons. The van der Waals surface area contributed by atoms with Gasteiger partial charge in [0.1, 0.15) is 5.75 Å². The number of carbonyl (C=O) groups excluding carboxylic acids is 3. The summed E-state index contributed by atoms with van der Waals surface area (Å²) in [4.78, 5) is 42.0. The van der Waals surface area contributed by atoms with Crippen molar-refractivity contribution in [3.05, 3.63) is 23.8 Å². The van der Waals surface area contributed by atoms with Crippen LogP contribution in [0.2, 0.25) is 0 Å². The lowest BCUT2D eigenvalue weighted by molar-refractivity contribution is -0.130. The molecule has 1 aromatic carbocycles. The van der Waals surface area contributed by atoms with Crippen LogP contribution in [0.1, 0.15) is 36.5 Å². The third-order valence-corrected chi connectivity index (χ3v) is 4.95. The third kappa shape index (κ3) is 3.66. The van der Waals surface area contributed by atoms with Crippen LogP contribution in [0.4, 0.5) is 5.69 Å².